The Morgan fingerprint density at radius 3 is 2.59 bits per heavy atom. The molecule has 0 amide bonds. The summed E-state index contributed by atoms with van der Waals surface area (Å²) in [6.45, 7) is 9.71. The van der Waals surface area contributed by atoms with Gasteiger partial charge in [-0.1, -0.05) is 13.8 Å². The normalized spacial score (nSPS) is 24.5. The summed E-state index contributed by atoms with van der Waals surface area (Å²) >= 11 is 0. The highest BCUT2D eigenvalue weighted by Gasteiger charge is 2.30. The van der Waals surface area contributed by atoms with Crippen molar-refractivity contribution in [3.8, 4) is 0 Å². The van der Waals surface area contributed by atoms with E-state index in [1.807, 2.05) is 12.1 Å². The molecule has 1 unspecified atom stereocenters. The van der Waals surface area contributed by atoms with Crippen molar-refractivity contribution in [2.45, 2.75) is 26.8 Å². The molecule has 0 aliphatic carbocycles. The van der Waals surface area contributed by atoms with Gasteiger partial charge >= 0.3 is 0 Å². The van der Waals surface area contributed by atoms with Crippen LogP contribution in [0.15, 0.2) is 24.3 Å². The monoisotopic (exact) mass is 236 g/mol. The van der Waals surface area contributed by atoms with Crippen molar-refractivity contribution >= 4 is 5.69 Å². The lowest BCUT2D eigenvalue weighted by molar-refractivity contribution is 0.284. The van der Waals surface area contributed by atoms with E-state index in [1.165, 1.54) is 12.1 Å². The Morgan fingerprint density at radius 2 is 1.94 bits per heavy atom. The van der Waals surface area contributed by atoms with E-state index < -0.39 is 0 Å². The maximum Gasteiger partial charge on any atom is 0.123 e. The fourth-order valence-corrected chi connectivity index (χ4v) is 2.27. The van der Waals surface area contributed by atoms with E-state index in [4.69, 9.17) is 0 Å². The number of anilines is 1. The minimum Gasteiger partial charge on any atom is -0.370 e. The van der Waals surface area contributed by atoms with Crippen LogP contribution in [0, 0.1) is 11.2 Å². The predicted octanol–water partition coefficient (Wildman–Crippen LogP) is 2.65. The third-order valence-electron chi connectivity index (χ3n) is 3.79. The zero-order valence-electron chi connectivity index (χ0n) is 10.8. The van der Waals surface area contributed by atoms with Crippen molar-refractivity contribution in [3.63, 3.8) is 0 Å². The molecule has 1 heterocycles. The van der Waals surface area contributed by atoms with Crippen LogP contribution in [0.2, 0.25) is 0 Å². The Labute approximate surface area is 103 Å². The molecule has 1 fully saturated rings. The summed E-state index contributed by atoms with van der Waals surface area (Å²) in [4.78, 5) is 2.33. The van der Waals surface area contributed by atoms with Crippen molar-refractivity contribution in [2.75, 3.05) is 24.5 Å². The zero-order valence-corrected chi connectivity index (χ0v) is 10.8. The minimum absolute atomic E-state index is 0.172. The van der Waals surface area contributed by atoms with E-state index >= 15 is 0 Å². The zero-order chi connectivity index (χ0) is 12.5. The van der Waals surface area contributed by atoms with Gasteiger partial charge in [0.2, 0.25) is 0 Å². The van der Waals surface area contributed by atoms with Crippen LogP contribution in [-0.2, 0) is 0 Å². The van der Waals surface area contributed by atoms with Gasteiger partial charge in [-0.15, -0.1) is 0 Å². The largest absolute Gasteiger partial charge is 0.370 e. The number of nitrogens with one attached hydrogen (secondary N) is 1. The lowest BCUT2D eigenvalue weighted by atomic mass is 9.85. The second kappa shape index (κ2) is 4.65. The first kappa shape index (κ1) is 12.4. The van der Waals surface area contributed by atoms with E-state index in [1.54, 1.807) is 0 Å². The molecule has 2 nitrogen and oxygen atoms in total. The quantitative estimate of drug-likeness (QED) is 0.806. The molecule has 1 aliphatic rings. The van der Waals surface area contributed by atoms with Gasteiger partial charge in [0, 0.05) is 31.4 Å². The molecule has 1 aliphatic heterocycles. The second-order valence-electron chi connectivity index (χ2n) is 5.56. The van der Waals surface area contributed by atoms with E-state index in [0.717, 1.165) is 25.3 Å². The van der Waals surface area contributed by atoms with Crippen LogP contribution in [0.5, 0.6) is 0 Å². The first-order valence-corrected chi connectivity index (χ1v) is 6.23. The van der Waals surface area contributed by atoms with Gasteiger partial charge in [-0.2, -0.15) is 0 Å². The number of hydrogen-bond donors (Lipinski definition) is 1. The molecule has 0 bridgehead atoms. The fourth-order valence-electron chi connectivity index (χ4n) is 2.27. The predicted molar refractivity (Wildman–Crippen MR) is 69.9 cm³/mol. The summed E-state index contributed by atoms with van der Waals surface area (Å²) < 4.78 is 12.9. The summed E-state index contributed by atoms with van der Waals surface area (Å²) in [6, 6.07) is 7.28. The van der Waals surface area contributed by atoms with Gasteiger partial charge in [-0.3, -0.25) is 0 Å². The van der Waals surface area contributed by atoms with Crippen LogP contribution in [0.1, 0.15) is 20.8 Å². The molecule has 1 atom stereocenters. The summed E-state index contributed by atoms with van der Waals surface area (Å²) in [5, 5.41) is 3.53. The molecule has 3 heteroatoms. The Bertz CT molecular complexity index is 372. The van der Waals surface area contributed by atoms with E-state index in [2.05, 4.69) is 31.0 Å². The Morgan fingerprint density at radius 1 is 1.29 bits per heavy atom. The molecule has 2 rings (SSSR count). The average Bonchev–Trinajstić information content (AvgIpc) is 2.40. The van der Waals surface area contributed by atoms with Crippen molar-refractivity contribution in [2.24, 2.45) is 5.41 Å². The lowest BCUT2D eigenvalue weighted by Gasteiger charge is -2.34. The lowest BCUT2D eigenvalue weighted by Crippen LogP contribution is -2.41. The molecule has 0 aromatic heterocycles. The van der Waals surface area contributed by atoms with Crippen LogP contribution >= 0.6 is 0 Å². The fraction of sp³-hybridized carbons (Fsp3) is 0.571. The first-order valence-electron chi connectivity index (χ1n) is 6.23. The highest BCUT2D eigenvalue weighted by Crippen LogP contribution is 2.27. The van der Waals surface area contributed by atoms with Gasteiger partial charge < -0.3 is 10.2 Å². The number of rotatable bonds is 1. The average molecular weight is 236 g/mol. The molecule has 0 spiro atoms. The highest BCUT2D eigenvalue weighted by atomic mass is 19.1. The SMILES string of the molecule is CC1NCCN(c2ccc(F)cc2)CC1(C)C. The van der Waals surface area contributed by atoms with Crippen LogP contribution in [0.4, 0.5) is 10.1 Å². The van der Waals surface area contributed by atoms with Gasteiger partial charge in [0.05, 0.1) is 0 Å². The van der Waals surface area contributed by atoms with E-state index in [0.29, 0.717) is 6.04 Å². The molecule has 1 aromatic carbocycles. The third-order valence-corrected chi connectivity index (χ3v) is 3.79. The molecule has 1 N–H and O–H groups in total. The molecule has 0 radical (unpaired) electrons. The molecule has 0 saturated carbocycles. The van der Waals surface area contributed by atoms with E-state index in [-0.39, 0.29) is 11.2 Å². The molecule has 1 saturated heterocycles. The maximum absolute atomic E-state index is 12.9. The van der Waals surface area contributed by atoms with E-state index in [9.17, 15) is 4.39 Å². The van der Waals surface area contributed by atoms with Crippen LogP contribution in [0.3, 0.4) is 0 Å². The van der Waals surface area contributed by atoms with Gasteiger partial charge in [0.15, 0.2) is 0 Å². The van der Waals surface area contributed by atoms with Crippen molar-refractivity contribution in [3.05, 3.63) is 30.1 Å². The Kier molecular flexibility index (Phi) is 3.38. The van der Waals surface area contributed by atoms with Gasteiger partial charge in [0.25, 0.3) is 0 Å². The maximum atomic E-state index is 12.9. The number of nitrogens with zero attached hydrogens (tertiary/aromatic N) is 1. The highest BCUT2D eigenvalue weighted by molar-refractivity contribution is 5.46. The number of halogens is 1. The molecular weight excluding hydrogens is 215 g/mol. The Balaban J connectivity index is 2.18. The summed E-state index contributed by atoms with van der Waals surface area (Å²) in [7, 11) is 0. The van der Waals surface area contributed by atoms with Crippen molar-refractivity contribution < 1.29 is 4.39 Å². The first-order chi connectivity index (χ1) is 7.99. The summed E-state index contributed by atoms with van der Waals surface area (Å²) in [5.41, 5.74) is 1.32. The smallest absolute Gasteiger partial charge is 0.123 e. The van der Waals surface area contributed by atoms with Gasteiger partial charge in [0.1, 0.15) is 5.82 Å². The van der Waals surface area contributed by atoms with Crippen LogP contribution in [-0.4, -0.2) is 25.7 Å². The van der Waals surface area contributed by atoms with Gasteiger partial charge in [-0.05, 0) is 36.6 Å². The molecular formula is C14H21FN2. The van der Waals surface area contributed by atoms with Crippen molar-refractivity contribution in [1.29, 1.82) is 0 Å². The molecule has 1 aromatic rings. The summed E-state index contributed by atoms with van der Waals surface area (Å²) in [6.07, 6.45) is 0. The van der Waals surface area contributed by atoms with Crippen LogP contribution in [0.25, 0.3) is 0 Å². The Hall–Kier alpha value is -1.09. The topological polar surface area (TPSA) is 15.3 Å². The summed E-state index contributed by atoms with van der Waals surface area (Å²) in [5.74, 6) is -0.172. The standard InChI is InChI=1S/C14H21FN2/c1-11-14(2,3)10-17(9-8-16-11)13-6-4-12(15)5-7-13/h4-7,11,16H,8-10H2,1-3H3. The number of hydrogen-bond acceptors (Lipinski definition) is 2. The van der Waals surface area contributed by atoms with Crippen LogP contribution < -0.4 is 10.2 Å². The third kappa shape index (κ3) is 2.78. The van der Waals surface area contributed by atoms with Gasteiger partial charge in [-0.25, -0.2) is 4.39 Å². The van der Waals surface area contributed by atoms with Crippen molar-refractivity contribution in [1.82, 2.24) is 5.32 Å². The molecule has 94 valence electrons. The minimum atomic E-state index is -0.172. The second-order valence-corrected chi connectivity index (χ2v) is 5.56. The number of benzene rings is 1. The molecule has 17 heavy (non-hydrogen) atoms.